The van der Waals surface area contributed by atoms with Crippen molar-refractivity contribution >= 4 is 0 Å². The second kappa shape index (κ2) is 23.7. The normalized spacial score (nSPS) is 7.19. The van der Waals surface area contributed by atoms with Crippen LogP contribution in [0.4, 0.5) is 0 Å². The maximum Gasteiger partial charge on any atom is -0.0149 e. The molecule has 0 spiro atoms. The van der Waals surface area contributed by atoms with Gasteiger partial charge >= 0.3 is 0 Å². The standard InChI is InChI=1S/C10H13.3CH5N/c1-2-3-7-10-8-5-4-6-9-10;3*1-2/h4-6,8H,2-3,7H2,1H3;3*2H2,1H3. The quantitative estimate of drug-likeness (QED) is 0.732. The van der Waals surface area contributed by atoms with Crippen molar-refractivity contribution in [2.24, 2.45) is 17.2 Å². The Morgan fingerprint density at radius 2 is 1.56 bits per heavy atom. The molecule has 0 aliphatic rings. The van der Waals surface area contributed by atoms with Gasteiger partial charge in [-0.25, -0.2) is 0 Å². The molecule has 0 heterocycles. The van der Waals surface area contributed by atoms with Crippen LogP contribution in [-0.2, 0) is 6.42 Å². The van der Waals surface area contributed by atoms with Gasteiger partial charge in [0.05, 0.1) is 0 Å². The predicted molar refractivity (Wildman–Crippen MR) is 74.2 cm³/mol. The van der Waals surface area contributed by atoms with Crippen LogP contribution in [0, 0.1) is 6.07 Å². The number of nitrogens with two attached hydrogens (primary N) is 3. The number of rotatable bonds is 3. The van der Waals surface area contributed by atoms with Crippen molar-refractivity contribution in [2.45, 2.75) is 26.2 Å². The Morgan fingerprint density at radius 3 is 1.94 bits per heavy atom. The van der Waals surface area contributed by atoms with E-state index in [1.807, 2.05) is 12.1 Å². The summed E-state index contributed by atoms with van der Waals surface area (Å²) in [6.07, 6.45) is 3.72. The molecule has 3 heteroatoms. The Morgan fingerprint density at radius 1 is 1.00 bits per heavy atom. The lowest BCUT2D eigenvalue weighted by atomic mass is 10.1. The topological polar surface area (TPSA) is 78.1 Å². The molecule has 0 aliphatic carbocycles. The summed E-state index contributed by atoms with van der Waals surface area (Å²) in [7, 11) is 4.50. The van der Waals surface area contributed by atoms with Crippen molar-refractivity contribution in [3.8, 4) is 0 Å². The van der Waals surface area contributed by atoms with Crippen molar-refractivity contribution in [3.63, 3.8) is 0 Å². The number of benzene rings is 1. The fourth-order valence-electron chi connectivity index (χ4n) is 0.953. The Kier molecular flexibility index (Phi) is 30.4. The van der Waals surface area contributed by atoms with E-state index in [4.69, 9.17) is 0 Å². The molecule has 3 nitrogen and oxygen atoms in total. The lowest BCUT2D eigenvalue weighted by molar-refractivity contribution is 0.794. The first-order valence-corrected chi connectivity index (χ1v) is 5.62. The predicted octanol–water partition coefficient (Wildman–Crippen LogP) is 1.55. The van der Waals surface area contributed by atoms with Crippen LogP contribution >= 0.6 is 0 Å². The van der Waals surface area contributed by atoms with E-state index in [9.17, 15) is 0 Å². The summed E-state index contributed by atoms with van der Waals surface area (Å²) < 4.78 is 0. The highest BCUT2D eigenvalue weighted by molar-refractivity contribution is 5.12. The summed E-state index contributed by atoms with van der Waals surface area (Å²) in [5.74, 6) is 0. The summed E-state index contributed by atoms with van der Waals surface area (Å²) in [5, 5.41) is 0. The van der Waals surface area contributed by atoms with Crippen LogP contribution in [0.25, 0.3) is 0 Å². The van der Waals surface area contributed by atoms with Crippen molar-refractivity contribution in [1.82, 2.24) is 0 Å². The van der Waals surface area contributed by atoms with Crippen LogP contribution in [0.1, 0.15) is 25.3 Å². The second-order valence-electron chi connectivity index (χ2n) is 2.49. The smallest absolute Gasteiger partial charge is 0.0149 e. The molecule has 1 radical (unpaired) electrons. The van der Waals surface area contributed by atoms with Gasteiger partial charge in [0.25, 0.3) is 0 Å². The second-order valence-corrected chi connectivity index (χ2v) is 2.49. The molecule has 0 amide bonds. The molecule has 0 fully saturated rings. The molecular formula is C13H28N3. The van der Waals surface area contributed by atoms with Gasteiger partial charge in [0, 0.05) is 0 Å². The summed E-state index contributed by atoms with van der Waals surface area (Å²) in [4.78, 5) is 0. The molecular weight excluding hydrogens is 198 g/mol. The first-order valence-electron chi connectivity index (χ1n) is 5.62. The minimum Gasteiger partial charge on any atom is -0.333 e. The van der Waals surface area contributed by atoms with Crippen LogP contribution < -0.4 is 17.2 Å². The monoisotopic (exact) mass is 226 g/mol. The lowest BCUT2D eigenvalue weighted by Gasteiger charge is -1.95. The summed E-state index contributed by atoms with van der Waals surface area (Å²) in [6, 6.07) is 11.4. The van der Waals surface area contributed by atoms with E-state index in [0.717, 1.165) is 0 Å². The Bertz CT molecular complexity index is 176. The summed E-state index contributed by atoms with van der Waals surface area (Å²) in [6.45, 7) is 2.21. The highest BCUT2D eigenvalue weighted by Gasteiger charge is 1.88. The fourth-order valence-corrected chi connectivity index (χ4v) is 0.953. The molecule has 0 bridgehead atoms. The SMILES string of the molecule is CCCCc1[c]cccc1.CN.CN.CN. The Hall–Kier alpha value is -0.900. The minimum absolute atomic E-state index is 1.18. The van der Waals surface area contributed by atoms with Gasteiger partial charge in [0.2, 0.25) is 0 Å². The average Bonchev–Trinajstić information content (AvgIpc) is 2.44. The van der Waals surface area contributed by atoms with Crippen molar-refractivity contribution in [2.75, 3.05) is 21.1 Å². The Labute approximate surface area is 101 Å². The van der Waals surface area contributed by atoms with Crippen LogP contribution in [0.5, 0.6) is 0 Å². The van der Waals surface area contributed by atoms with Gasteiger partial charge in [-0.2, -0.15) is 0 Å². The van der Waals surface area contributed by atoms with Crippen LogP contribution in [0.2, 0.25) is 0 Å². The highest BCUT2D eigenvalue weighted by Crippen LogP contribution is 2.02. The van der Waals surface area contributed by atoms with E-state index in [-0.39, 0.29) is 0 Å². The molecule has 0 atom stereocenters. The van der Waals surface area contributed by atoms with E-state index >= 15 is 0 Å². The molecule has 95 valence electrons. The minimum atomic E-state index is 1.18. The zero-order valence-corrected chi connectivity index (χ0v) is 11.2. The molecule has 0 saturated heterocycles. The van der Waals surface area contributed by atoms with Gasteiger partial charge in [-0.15, -0.1) is 0 Å². The van der Waals surface area contributed by atoms with E-state index in [1.54, 1.807) is 0 Å². The number of unbranched alkanes of at least 4 members (excludes halogenated alkanes) is 1. The van der Waals surface area contributed by atoms with Crippen LogP contribution in [-0.4, -0.2) is 21.1 Å². The van der Waals surface area contributed by atoms with Crippen molar-refractivity contribution < 1.29 is 0 Å². The first kappa shape index (κ1) is 20.5. The maximum atomic E-state index is 4.50. The van der Waals surface area contributed by atoms with E-state index in [1.165, 1.54) is 46.0 Å². The van der Waals surface area contributed by atoms with Crippen molar-refractivity contribution in [3.05, 3.63) is 35.9 Å². The van der Waals surface area contributed by atoms with Crippen LogP contribution in [0.15, 0.2) is 24.3 Å². The lowest BCUT2D eigenvalue weighted by Crippen LogP contribution is -1.82. The molecule has 0 aromatic heterocycles. The van der Waals surface area contributed by atoms with Gasteiger partial charge < -0.3 is 17.2 Å². The number of hydrogen-bond donors (Lipinski definition) is 3. The number of hydrogen-bond acceptors (Lipinski definition) is 3. The van der Waals surface area contributed by atoms with E-state index in [2.05, 4.69) is 42.3 Å². The van der Waals surface area contributed by atoms with Gasteiger partial charge in [0.1, 0.15) is 0 Å². The first-order chi connectivity index (χ1) is 7.93. The zero-order chi connectivity index (χ0) is 13.2. The van der Waals surface area contributed by atoms with E-state index in [0.29, 0.717) is 0 Å². The third kappa shape index (κ3) is 15.6. The summed E-state index contributed by atoms with van der Waals surface area (Å²) in [5.41, 5.74) is 14.8. The van der Waals surface area contributed by atoms with Crippen molar-refractivity contribution in [1.29, 1.82) is 0 Å². The van der Waals surface area contributed by atoms with Gasteiger partial charge in [-0.05, 0) is 45.6 Å². The number of aryl methyl sites for hydroxylation is 1. The van der Waals surface area contributed by atoms with Gasteiger partial charge in [-0.1, -0.05) is 37.6 Å². The molecule has 16 heavy (non-hydrogen) atoms. The largest absolute Gasteiger partial charge is 0.333 e. The average molecular weight is 226 g/mol. The molecule has 1 aromatic carbocycles. The van der Waals surface area contributed by atoms with Gasteiger partial charge in [-0.3, -0.25) is 0 Å². The third-order valence-electron chi connectivity index (χ3n) is 1.57. The third-order valence-corrected chi connectivity index (χ3v) is 1.57. The molecule has 1 rings (SSSR count). The molecule has 0 saturated carbocycles. The highest BCUT2D eigenvalue weighted by atomic mass is 14.4. The zero-order valence-electron chi connectivity index (χ0n) is 11.2. The van der Waals surface area contributed by atoms with Gasteiger partial charge in [0.15, 0.2) is 0 Å². The molecule has 1 aromatic rings. The van der Waals surface area contributed by atoms with Crippen LogP contribution in [0.3, 0.4) is 0 Å². The molecule has 6 N–H and O–H groups in total. The molecule has 0 unspecified atom stereocenters. The summed E-state index contributed by atoms with van der Waals surface area (Å²) >= 11 is 0. The molecule has 0 aliphatic heterocycles. The Balaban J connectivity index is -0.000000245. The van der Waals surface area contributed by atoms with E-state index < -0.39 is 0 Å². The fraction of sp³-hybridized carbons (Fsp3) is 0.538. The maximum absolute atomic E-state index is 4.50.